The van der Waals surface area contributed by atoms with Gasteiger partial charge in [0.2, 0.25) is 0 Å². The van der Waals surface area contributed by atoms with Crippen LogP contribution >= 0.6 is 0 Å². The molecule has 1 saturated heterocycles. The van der Waals surface area contributed by atoms with E-state index in [0.29, 0.717) is 12.8 Å². The van der Waals surface area contributed by atoms with Gasteiger partial charge in [0.25, 0.3) is 0 Å². The third kappa shape index (κ3) is 4.18. The largest absolute Gasteiger partial charge is 0.444 e. The molecule has 1 rings (SSSR count). The molecule has 92 valence electrons. The van der Waals surface area contributed by atoms with Gasteiger partial charge in [-0.05, 0) is 27.2 Å². The summed E-state index contributed by atoms with van der Waals surface area (Å²) in [6, 6.07) is 0. The molecule has 1 N–H and O–H groups in total. The number of aliphatic hydroxyl groups is 1. The van der Waals surface area contributed by atoms with E-state index in [9.17, 15) is 14.7 Å². The third-order valence-electron chi connectivity index (χ3n) is 2.21. The first-order valence-corrected chi connectivity index (χ1v) is 5.45. The summed E-state index contributed by atoms with van der Waals surface area (Å²) >= 11 is 0. The molecule has 1 fully saturated rings. The number of Topliss-reactive ketones (excluding diaryl/α,β-unsaturated/α-hetero) is 1. The summed E-state index contributed by atoms with van der Waals surface area (Å²) in [5, 5.41) is 9.52. The van der Waals surface area contributed by atoms with Crippen LogP contribution in [0.25, 0.3) is 0 Å². The number of rotatable bonds is 0. The van der Waals surface area contributed by atoms with Crippen molar-refractivity contribution in [3.8, 4) is 0 Å². The fraction of sp³-hybridized carbons (Fsp3) is 0.818. The first kappa shape index (κ1) is 13.0. The van der Waals surface area contributed by atoms with Crippen LogP contribution in [-0.2, 0) is 9.53 Å². The summed E-state index contributed by atoms with van der Waals surface area (Å²) in [5.41, 5.74) is -0.586. The molecule has 0 unspecified atom stereocenters. The minimum absolute atomic E-state index is 0.0337. The zero-order chi connectivity index (χ0) is 12.3. The van der Waals surface area contributed by atoms with Crippen LogP contribution in [0, 0.1) is 0 Å². The number of amides is 1. The highest BCUT2D eigenvalue weighted by Gasteiger charge is 2.28. The molecule has 0 saturated carbocycles. The van der Waals surface area contributed by atoms with Crippen LogP contribution in [0.4, 0.5) is 4.79 Å². The number of likely N-dealkylation sites (tertiary alicyclic amines) is 1. The van der Waals surface area contributed by atoms with Crippen LogP contribution in [0.3, 0.4) is 0 Å². The quantitative estimate of drug-likeness (QED) is 0.671. The lowest BCUT2D eigenvalue weighted by molar-refractivity contribution is -0.119. The van der Waals surface area contributed by atoms with Gasteiger partial charge in [0.05, 0.1) is 19.2 Å². The van der Waals surface area contributed by atoms with Gasteiger partial charge in [-0.1, -0.05) is 0 Å². The molecule has 0 aromatic heterocycles. The van der Waals surface area contributed by atoms with Gasteiger partial charge in [-0.3, -0.25) is 9.69 Å². The molecule has 0 aliphatic carbocycles. The van der Waals surface area contributed by atoms with Crippen LogP contribution in [-0.4, -0.2) is 46.7 Å². The second-order valence-electron chi connectivity index (χ2n) is 5.09. The van der Waals surface area contributed by atoms with Crippen molar-refractivity contribution in [1.82, 2.24) is 4.90 Å². The van der Waals surface area contributed by atoms with E-state index in [1.807, 2.05) is 0 Å². The lowest BCUT2D eigenvalue weighted by Crippen LogP contribution is -2.41. The first-order chi connectivity index (χ1) is 7.28. The predicted molar refractivity (Wildman–Crippen MR) is 58.1 cm³/mol. The van der Waals surface area contributed by atoms with Crippen molar-refractivity contribution in [2.75, 3.05) is 13.1 Å². The van der Waals surface area contributed by atoms with Crippen LogP contribution < -0.4 is 0 Å². The van der Waals surface area contributed by atoms with Gasteiger partial charge in [0.15, 0.2) is 5.78 Å². The fourth-order valence-electron chi connectivity index (χ4n) is 1.50. The number of hydrogen-bond donors (Lipinski definition) is 1. The molecule has 0 bridgehead atoms. The van der Waals surface area contributed by atoms with E-state index in [0.717, 1.165) is 0 Å². The van der Waals surface area contributed by atoms with Gasteiger partial charge in [0, 0.05) is 6.42 Å². The number of ketones is 1. The van der Waals surface area contributed by atoms with E-state index in [2.05, 4.69) is 0 Å². The van der Waals surface area contributed by atoms with Crippen molar-refractivity contribution in [2.45, 2.75) is 45.3 Å². The Morgan fingerprint density at radius 1 is 1.50 bits per heavy atom. The van der Waals surface area contributed by atoms with Gasteiger partial charge in [-0.25, -0.2) is 4.79 Å². The number of β-amino-alcohol motifs (C(OH)–C–C–N with tert-alkyl or cyclic N) is 1. The lowest BCUT2D eigenvalue weighted by Gasteiger charge is -2.26. The zero-order valence-corrected chi connectivity index (χ0v) is 10.0. The number of carbonyl (C=O) groups is 2. The molecular formula is C11H19NO4. The van der Waals surface area contributed by atoms with E-state index in [4.69, 9.17) is 4.74 Å². The highest BCUT2D eigenvalue weighted by Crippen LogP contribution is 2.13. The summed E-state index contributed by atoms with van der Waals surface area (Å²) in [6.45, 7) is 5.50. The number of hydrogen-bond acceptors (Lipinski definition) is 4. The van der Waals surface area contributed by atoms with E-state index < -0.39 is 17.8 Å². The molecule has 1 aliphatic rings. The van der Waals surface area contributed by atoms with Gasteiger partial charge in [-0.15, -0.1) is 0 Å². The van der Waals surface area contributed by atoms with E-state index in [1.54, 1.807) is 20.8 Å². The summed E-state index contributed by atoms with van der Waals surface area (Å²) in [4.78, 5) is 24.3. The normalized spacial score (nSPS) is 22.9. The van der Waals surface area contributed by atoms with Gasteiger partial charge in [-0.2, -0.15) is 0 Å². The third-order valence-corrected chi connectivity index (χ3v) is 2.21. The van der Waals surface area contributed by atoms with Gasteiger partial charge in [0.1, 0.15) is 5.60 Å². The second kappa shape index (κ2) is 4.82. The van der Waals surface area contributed by atoms with Gasteiger partial charge < -0.3 is 9.84 Å². The maximum Gasteiger partial charge on any atom is 0.410 e. The number of ether oxygens (including phenoxy) is 1. The summed E-state index contributed by atoms with van der Waals surface area (Å²) in [7, 11) is 0. The second-order valence-corrected chi connectivity index (χ2v) is 5.09. The van der Waals surface area contributed by atoms with E-state index in [1.165, 1.54) is 4.90 Å². The molecule has 1 amide bonds. The Labute approximate surface area is 95.4 Å². The number of nitrogens with zero attached hydrogens (tertiary/aromatic N) is 1. The van der Waals surface area contributed by atoms with Crippen molar-refractivity contribution in [1.29, 1.82) is 0 Å². The Balaban J connectivity index is 2.63. The minimum atomic E-state index is -0.640. The van der Waals surface area contributed by atoms with Crippen molar-refractivity contribution < 1.29 is 19.4 Å². The summed E-state index contributed by atoms with van der Waals surface area (Å²) < 4.78 is 5.15. The lowest BCUT2D eigenvalue weighted by atomic mass is 10.2. The van der Waals surface area contributed by atoms with E-state index >= 15 is 0 Å². The maximum absolute atomic E-state index is 11.7. The molecule has 5 nitrogen and oxygen atoms in total. The minimum Gasteiger partial charge on any atom is -0.444 e. The van der Waals surface area contributed by atoms with E-state index in [-0.39, 0.29) is 18.9 Å². The van der Waals surface area contributed by atoms with Crippen molar-refractivity contribution in [3.05, 3.63) is 0 Å². The van der Waals surface area contributed by atoms with Crippen LogP contribution in [0.1, 0.15) is 33.6 Å². The number of aliphatic hydroxyl groups excluding tert-OH is 1. The summed E-state index contributed by atoms with van der Waals surface area (Å²) in [6.07, 6.45) is -0.445. The standard InChI is InChI=1S/C11H19NO4/c1-11(2,3)16-10(15)12-6-8(13)4-5-9(14)7-12/h8,13H,4-7H2,1-3H3/t8-/m1/s1. The molecule has 1 heterocycles. The molecule has 0 aromatic rings. The highest BCUT2D eigenvalue weighted by atomic mass is 16.6. The Bertz CT molecular complexity index is 282. The van der Waals surface area contributed by atoms with Gasteiger partial charge >= 0.3 is 6.09 Å². The topological polar surface area (TPSA) is 66.8 Å². The number of carbonyl (C=O) groups excluding carboxylic acids is 2. The molecule has 1 atom stereocenters. The summed E-state index contributed by atoms with van der Waals surface area (Å²) in [5.74, 6) is -0.0394. The Morgan fingerprint density at radius 3 is 2.69 bits per heavy atom. The molecule has 0 aromatic carbocycles. The smallest absolute Gasteiger partial charge is 0.410 e. The maximum atomic E-state index is 11.7. The van der Waals surface area contributed by atoms with Crippen molar-refractivity contribution in [3.63, 3.8) is 0 Å². The Kier molecular flexibility index (Phi) is 3.91. The molecule has 16 heavy (non-hydrogen) atoms. The Hall–Kier alpha value is -1.10. The zero-order valence-electron chi connectivity index (χ0n) is 10.0. The van der Waals surface area contributed by atoms with Crippen LogP contribution in [0.5, 0.6) is 0 Å². The molecule has 0 radical (unpaired) electrons. The van der Waals surface area contributed by atoms with Crippen LogP contribution in [0.15, 0.2) is 0 Å². The highest BCUT2D eigenvalue weighted by molar-refractivity contribution is 5.84. The average molecular weight is 229 g/mol. The predicted octanol–water partition coefficient (Wildman–Crippen LogP) is 0.947. The van der Waals surface area contributed by atoms with Crippen LogP contribution in [0.2, 0.25) is 0 Å². The molecule has 5 heteroatoms. The molecule has 0 spiro atoms. The van der Waals surface area contributed by atoms with Crippen molar-refractivity contribution >= 4 is 11.9 Å². The fourth-order valence-corrected chi connectivity index (χ4v) is 1.50. The molecule has 1 aliphatic heterocycles. The van der Waals surface area contributed by atoms with Crippen molar-refractivity contribution in [2.24, 2.45) is 0 Å². The Morgan fingerprint density at radius 2 is 2.12 bits per heavy atom. The SMILES string of the molecule is CC(C)(C)OC(=O)N1CC(=O)CC[C@@H](O)C1. The monoisotopic (exact) mass is 229 g/mol. The average Bonchev–Trinajstić information content (AvgIpc) is 2.25. The molecular weight excluding hydrogens is 210 g/mol. The first-order valence-electron chi connectivity index (χ1n) is 5.45.